The summed E-state index contributed by atoms with van der Waals surface area (Å²) in [5, 5.41) is 12.5. The molecule has 5 nitrogen and oxygen atoms in total. The van der Waals surface area contributed by atoms with Gasteiger partial charge in [-0.15, -0.1) is 0 Å². The highest BCUT2D eigenvalue weighted by Gasteiger charge is 2.19. The van der Waals surface area contributed by atoms with Crippen molar-refractivity contribution in [3.63, 3.8) is 0 Å². The van der Waals surface area contributed by atoms with Crippen LogP contribution in [-0.4, -0.2) is 17.0 Å². The highest BCUT2D eigenvalue weighted by atomic mass is 35.5. The first kappa shape index (κ1) is 19.7. The van der Waals surface area contributed by atoms with Crippen molar-refractivity contribution >= 4 is 29.2 Å². The Hall–Kier alpha value is -3.05. The number of anilines is 1. The molecule has 1 amide bonds. The van der Waals surface area contributed by atoms with E-state index in [1.807, 2.05) is 12.1 Å². The third-order valence-corrected chi connectivity index (χ3v) is 4.70. The second-order valence-electron chi connectivity index (χ2n) is 7.44. The lowest BCUT2D eigenvalue weighted by Crippen LogP contribution is -2.16. The van der Waals surface area contributed by atoms with Gasteiger partial charge < -0.3 is 14.8 Å². The van der Waals surface area contributed by atoms with E-state index in [4.69, 9.17) is 16.0 Å². The number of rotatable bonds is 4. The Bertz CT molecular complexity index is 1020. The third kappa shape index (κ3) is 4.10. The number of amides is 1. The maximum Gasteiger partial charge on any atom is 0.337 e. The van der Waals surface area contributed by atoms with Crippen LogP contribution in [0.15, 0.2) is 59.2 Å². The molecule has 3 aromatic rings. The van der Waals surface area contributed by atoms with Crippen LogP contribution in [0.1, 0.15) is 47.1 Å². The summed E-state index contributed by atoms with van der Waals surface area (Å²) in [6.07, 6.45) is 1.48. The van der Waals surface area contributed by atoms with Gasteiger partial charge >= 0.3 is 5.97 Å². The molecule has 28 heavy (non-hydrogen) atoms. The van der Waals surface area contributed by atoms with Gasteiger partial charge in [0.25, 0.3) is 5.91 Å². The van der Waals surface area contributed by atoms with E-state index in [1.165, 1.54) is 18.4 Å². The van der Waals surface area contributed by atoms with Gasteiger partial charge in [0, 0.05) is 11.1 Å². The number of hydrogen-bond donors (Lipinski definition) is 2. The maximum atomic E-state index is 12.6. The van der Waals surface area contributed by atoms with Gasteiger partial charge in [-0.2, -0.15) is 0 Å². The Balaban J connectivity index is 1.92. The van der Waals surface area contributed by atoms with Crippen molar-refractivity contribution in [2.24, 2.45) is 0 Å². The second kappa shape index (κ2) is 7.52. The number of carbonyl (C=O) groups is 2. The number of carboxylic acid groups (broad SMARTS) is 1. The number of hydrogen-bond acceptors (Lipinski definition) is 3. The number of furan rings is 1. The van der Waals surface area contributed by atoms with Crippen molar-refractivity contribution in [3.05, 3.63) is 76.5 Å². The fourth-order valence-electron chi connectivity index (χ4n) is 2.79. The molecular formula is C22H20ClNO4. The van der Waals surface area contributed by atoms with Gasteiger partial charge in [0.1, 0.15) is 5.76 Å². The van der Waals surface area contributed by atoms with Crippen molar-refractivity contribution in [1.82, 2.24) is 0 Å². The quantitative estimate of drug-likeness (QED) is 0.578. The van der Waals surface area contributed by atoms with Crippen LogP contribution in [0.5, 0.6) is 0 Å². The van der Waals surface area contributed by atoms with Crippen LogP contribution < -0.4 is 5.32 Å². The molecule has 0 saturated carbocycles. The number of nitrogens with one attached hydrogen (secondary N) is 1. The molecule has 1 heterocycles. The Morgan fingerprint density at radius 3 is 2.29 bits per heavy atom. The third-order valence-electron chi connectivity index (χ3n) is 4.39. The van der Waals surface area contributed by atoms with Crippen molar-refractivity contribution in [2.45, 2.75) is 26.2 Å². The van der Waals surface area contributed by atoms with Gasteiger partial charge in [0.15, 0.2) is 0 Å². The minimum atomic E-state index is -1.18. The zero-order valence-electron chi connectivity index (χ0n) is 15.7. The predicted octanol–water partition coefficient (Wildman–Crippen LogP) is 5.85. The minimum Gasteiger partial charge on any atom is -0.478 e. The second-order valence-corrected chi connectivity index (χ2v) is 7.85. The number of carboxylic acids is 1. The summed E-state index contributed by atoms with van der Waals surface area (Å²) in [4.78, 5) is 24.3. The SMILES string of the molecule is CC(C)(C)c1ccc(C(=O)Nc2cc(Cl)c(-c3ccco3)cc2C(=O)O)cc1. The molecule has 2 N–H and O–H groups in total. The number of aromatic carboxylic acids is 1. The van der Waals surface area contributed by atoms with Gasteiger partial charge in [-0.3, -0.25) is 4.79 Å². The summed E-state index contributed by atoms with van der Waals surface area (Å²) < 4.78 is 5.30. The molecule has 1 aromatic heterocycles. The molecule has 2 aromatic carbocycles. The van der Waals surface area contributed by atoms with Gasteiger partial charge in [-0.25, -0.2) is 4.79 Å². The molecule has 0 radical (unpaired) electrons. The topological polar surface area (TPSA) is 79.5 Å². The highest BCUT2D eigenvalue weighted by Crippen LogP contribution is 2.34. The molecule has 144 valence electrons. The molecule has 0 saturated heterocycles. The standard InChI is InChI=1S/C22H20ClNO4/c1-22(2,3)14-8-6-13(7-9-14)20(25)24-18-12-17(23)15(11-16(18)21(26)27)19-5-4-10-28-19/h4-12H,1-3H3,(H,24,25)(H,26,27). The molecule has 0 atom stereocenters. The van der Waals surface area contributed by atoms with Crippen molar-refractivity contribution < 1.29 is 19.1 Å². The monoisotopic (exact) mass is 397 g/mol. The normalized spacial score (nSPS) is 11.3. The van der Waals surface area contributed by atoms with E-state index in [0.717, 1.165) is 5.56 Å². The first-order chi connectivity index (χ1) is 13.2. The molecule has 0 bridgehead atoms. The number of benzene rings is 2. The smallest absolute Gasteiger partial charge is 0.337 e. The highest BCUT2D eigenvalue weighted by molar-refractivity contribution is 6.34. The fourth-order valence-corrected chi connectivity index (χ4v) is 3.05. The Labute approximate surface area is 167 Å². The molecule has 0 unspecified atom stereocenters. The molecule has 6 heteroatoms. The molecule has 0 aliphatic rings. The summed E-state index contributed by atoms with van der Waals surface area (Å²) in [7, 11) is 0. The molecule has 0 spiro atoms. The van der Waals surface area contributed by atoms with E-state index < -0.39 is 11.9 Å². The first-order valence-corrected chi connectivity index (χ1v) is 9.07. The van der Waals surface area contributed by atoms with E-state index in [2.05, 4.69) is 26.1 Å². The summed E-state index contributed by atoms with van der Waals surface area (Å²) >= 11 is 6.29. The lowest BCUT2D eigenvalue weighted by atomic mass is 9.86. The molecular weight excluding hydrogens is 378 g/mol. The lowest BCUT2D eigenvalue weighted by molar-refractivity contribution is 0.0698. The van der Waals surface area contributed by atoms with Crippen molar-refractivity contribution in [3.8, 4) is 11.3 Å². The van der Waals surface area contributed by atoms with E-state index in [-0.39, 0.29) is 21.7 Å². The van der Waals surface area contributed by atoms with E-state index >= 15 is 0 Å². The van der Waals surface area contributed by atoms with Crippen LogP contribution in [0, 0.1) is 0 Å². The summed E-state index contributed by atoms with van der Waals surface area (Å²) in [6.45, 7) is 6.26. The lowest BCUT2D eigenvalue weighted by Gasteiger charge is -2.19. The largest absolute Gasteiger partial charge is 0.478 e. The summed E-state index contributed by atoms with van der Waals surface area (Å²) in [5.41, 5.74) is 1.99. The number of carbonyl (C=O) groups excluding carboxylic acids is 1. The molecule has 0 aliphatic carbocycles. The van der Waals surface area contributed by atoms with Crippen LogP contribution in [0.4, 0.5) is 5.69 Å². The molecule has 0 fully saturated rings. The van der Waals surface area contributed by atoms with Crippen molar-refractivity contribution in [1.29, 1.82) is 0 Å². The van der Waals surface area contributed by atoms with E-state index in [1.54, 1.807) is 24.3 Å². The zero-order chi connectivity index (χ0) is 20.5. The van der Waals surface area contributed by atoms with Gasteiger partial charge in [0.05, 0.1) is 22.5 Å². The van der Waals surface area contributed by atoms with Crippen molar-refractivity contribution in [2.75, 3.05) is 5.32 Å². The summed E-state index contributed by atoms with van der Waals surface area (Å²) in [6, 6.07) is 13.4. The van der Waals surface area contributed by atoms with Crippen LogP contribution in [0.25, 0.3) is 11.3 Å². The maximum absolute atomic E-state index is 12.6. The zero-order valence-corrected chi connectivity index (χ0v) is 16.5. The first-order valence-electron chi connectivity index (χ1n) is 8.69. The summed E-state index contributed by atoms with van der Waals surface area (Å²) in [5.74, 6) is -1.14. The van der Waals surface area contributed by atoms with Crippen LogP contribution >= 0.6 is 11.6 Å². The van der Waals surface area contributed by atoms with Gasteiger partial charge in [0.2, 0.25) is 0 Å². The number of halogens is 1. The van der Waals surface area contributed by atoms with E-state index in [0.29, 0.717) is 16.9 Å². The van der Waals surface area contributed by atoms with E-state index in [9.17, 15) is 14.7 Å². The van der Waals surface area contributed by atoms with Crippen LogP contribution in [-0.2, 0) is 5.41 Å². The van der Waals surface area contributed by atoms with Gasteiger partial charge in [-0.05, 0) is 47.4 Å². The van der Waals surface area contributed by atoms with Crippen LogP contribution in [0.3, 0.4) is 0 Å². The predicted molar refractivity (Wildman–Crippen MR) is 109 cm³/mol. The Morgan fingerprint density at radius 1 is 1.07 bits per heavy atom. The average Bonchev–Trinajstić information content (AvgIpc) is 3.15. The Morgan fingerprint density at radius 2 is 1.75 bits per heavy atom. The Kier molecular flexibility index (Phi) is 5.29. The van der Waals surface area contributed by atoms with Crippen LogP contribution in [0.2, 0.25) is 5.02 Å². The van der Waals surface area contributed by atoms with Gasteiger partial charge in [-0.1, -0.05) is 44.5 Å². The fraction of sp³-hybridized carbons (Fsp3) is 0.182. The molecule has 3 rings (SSSR count). The molecule has 0 aliphatic heterocycles. The average molecular weight is 398 g/mol. The minimum absolute atomic E-state index is 0.0271.